The van der Waals surface area contributed by atoms with E-state index in [1.807, 2.05) is 0 Å². The van der Waals surface area contributed by atoms with E-state index < -0.39 is 17.6 Å². The number of hydrogen-bond donors (Lipinski definition) is 0. The maximum Gasteiger partial charge on any atom is 0.420 e. The molecule has 1 aromatic rings. The first-order chi connectivity index (χ1) is 5.41. The summed E-state index contributed by atoms with van der Waals surface area (Å²) in [5.74, 6) is -1.29. The Morgan fingerprint density at radius 2 is 1.92 bits per heavy atom. The minimum atomic E-state index is -4.67. The van der Waals surface area contributed by atoms with E-state index >= 15 is 0 Å². The molecule has 0 aliphatic rings. The van der Waals surface area contributed by atoms with Gasteiger partial charge in [-0.05, 0) is 22.6 Å². The Kier molecular flexibility index (Phi) is 2.55. The van der Waals surface area contributed by atoms with Crippen LogP contribution < -0.4 is 0 Å². The monoisotopic (exact) mass is 291 g/mol. The highest BCUT2D eigenvalue weighted by Crippen LogP contribution is 2.30. The highest BCUT2D eigenvalue weighted by atomic mass is 127. The van der Waals surface area contributed by atoms with E-state index in [0.29, 0.717) is 6.20 Å². The first-order valence-electron chi connectivity index (χ1n) is 2.79. The molecule has 12 heavy (non-hydrogen) atoms. The Morgan fingerprint density at radius 3 is 2.33 bits per heavy atom. The topological polar surface area (TPSA) is 12.9 Å². The molecule has 0 unspecified atom stereocenters. The molecule has 0 bridgehead atoms. The summed E-state index contributed by atoms with van der Waals surface area (Å²) in [5.41, 5.74) is -1.33. The molecule has 0 saturated heterocycles. The molecule has 1 rings (SSSR count). The Labute approximate surface area is 78.9 Å². The van der Waals surface area contributed by atoms with Crippen LogP contribution in [-0.4, -0.2) is 4.98 Å². The lowest BCUT2D eigenvalue weighted by Gasteiger charge is -2.06. The second-order valence-electron chi connectivity index (χ2n) is 1.98. The van der Waals surface area contributed by atoms with E-state index in [9.17, 15) is 17.6 Å². The van der Waals surface area contributed by atoms with Gasteiger partial charge in [-0.25, -0.2) is 9.37 Å². The molecule has 0 spiro atoms. The minimum absolute atomic E-state index is 0.193. The Hall–Kier alpha value is -0.400. The van der Waals surface area contributed by atoms with Crippen molar-refractivity contribution in [3.05, 3.63) is 27.3 Å². The smallest absolute Gasteiger partial charge is 0.249 e. The van der Waals surface area contributed by atoms with Gasteiger partial charge in [-0.1, -0.05) is 0 Å². The molecule has 1 aromatic heterocycles. The van der Waals surface area contributed by atoms with Gasteiger partial charge in [0.2, 0.25) is 0 Å². The van der Waals surface area contributed by atoms with E-state index in [4.69, 9.17) is 0 Å². The van der Waals surface area contributed by atoms with Gasteiger partial charge in [-0.15, -0.1) is 0 Å². The maximum atomic E-state index is 12.6. The van der Waals surface area contributed by atoms with Gasteiger partial charge < -0.3 is 0 Å². The second kappa shape index (κ2) is 3.15. The molecule has 0 aliphatic heterocycles. The number of aromatic nitrogens is 1. The predicted octanol–water partition coefficient (Wildman–Crippen LogP) is 2.84. The van der Waals surface area contributed by atoms with Crippen LogP contribution in [-0.2, 0) is 6.18 Å². The molecule has 0 atom stereocenters. The molecule has 0 saturated carbocycles. The molecule has 1 heterocycles. The summed E-state index contributed by atoms with van der Waals surface area (Å²) >= 11 is 1.63. The number of hydrogen-bond acceptors (Lipinski definition) is 1. The van der Waals surface area contributed by atoms with E-state index in [1.54, 1.807) is 22.6 Å². The van der Waals surface area contributed by atoms with Crippen LogP contribution in [0.4, 0.5) is 17.6 Å². The van der Waals surface area contributed by atoms with E-state index in [1.165, 1.54) is 0 Å². The van der Waals surface area contributed by atoms with Crippen molar-refractivity contribution < 1.29 is 17.6 Å². The average molecular weight is 291 g/mol. The van der Waals surface area contributed by atoms with Crippen molar-refractivity contribution in [2.45, 2.75) is 6.18 Å². The maximum absolute atomic E-state index is 12.6. The molecule has 1 nitrogen and oxygen atoms in total. The van der Waals surface area contributed by atoms with Crippen LogP contribution in [0.2, 0.25) is 0 Å². The van der Waals surface area contributed by atoms with Gasteiger partial charge in [-0.2, -0.15) is 13.2 Å². The fourth-order valence-electron chi connectivity index (χ4n) is 0.616. The number of halogens is 5. The number of pyridine rings is 1. The van der Waals surface area contributed by atoms with Gasteiger partial charge in [0.25, 0.3) is 0 Å². The summed E-state index contributed by atoms with van der Waals surface area (Å²) in [4.78, 5) is 3.33. The highest BCUT2D eigenvalue weighted by Gasteiger charge is 2.34. The van der Waals surface area contributed by atoms with E-state index in [0.717, 1.165) is 6.07 Å². The molecule has 0 N–H and O–H groups in total. The van der Waals surface area contributed by atoms with Crippen LogP contribution in [0.25, 0.3) is 0 Å². The molecular formula is C6H2F4IN. The second-order valence-corrected chi connectivity index (χ2v) is 3.09. The van der Waals surface area contributed by atoms with Crippen molar-refractivity contribution in [1.29, 1.82) is 0 Å². The highest BCUT2D eigenvalue weighted by molar-refractivity contribution is 14.1. The lowest BCUT2D eigenvalue weighted by Crippen LogP contribution is -2.08. The summed E-state index contributed by atoms with van der Waals surface area (Å²) < 4.78 is 48.5. The summed E-state index contributed by atoms with van der Waals surface area (Å²) in [6, 6.07) is 0.739. The Bertz CT molecular complexity index is 296. The van der Waals surface area contributed by atoms with Crippen LogP contribution in [0, 0.1) is 9.52 Å². The van der Waals surface area contributed by atoms with Gasteiger partial charge in [0.15, 0.2) is 0 Å². The van der Waals surface area contributed by atoms with Crippen molar-refractivity contribution in [2.75, 3.05) is 0 Å². The predicted molar refractivity (Wildman–Crippen MR) is 41.9 cm³/mol. The third kappa shape index (κ3) is 2.05. The number of alkyl halides is 3. The van der Waals surface area contributed by atoms with Crippen molar-refractivity contribution in [2.24, 2.45) is 0 Å². The lowest BCUT2D eigenvalue weighted by atomic mass is 10.3. The van der Waals surface area contributed by atoms with Gasteiger partial charge in [-0.3, -0.25) is 0 Å². The Balaban J connectivity index is 3.19. The van der Waals surface area contributed by atoms with E-state index in [-0.39, 0.29) is 3.70 Å². The summed E-state index contributed by atoms with van der Waals surface area (Å²) in [5, 5.41) is 0. The van der Waals surface area contributed by atoms with Gasteiger partial charge in [0.1, 0.15) is 15.1 Å². The molecular weight excluding hydrogens is 289 g/mol. The van der Waals surface area contributed by atoms with Gasteiger partial charge in [0.05, 0.1) is 0 Å². The Morgan fingerprint density at radius 1 is 1.33 bits per heavy atom. The zero-order valence-electron chi connectivity index (χ0n) is 5.49. The van der Waals surface area contributed by atoms with Crippen LogP contribution in [0.15, 0.2) is 12.3 Å². The van der Waals surface area contributed by atoms with E-state index in [2.05, 4.69) is 4.98 Å². The molecule has 6 heteroatoms. The van der Waals surface area contributed by atoms with Gasteiger partial charge in [0, 0.05) is 12.3 Å². The average Bonchev–Trinajstić information content (AvgIpc) is 1.83. The molecule has 0 aromatic carbocycles. The lowest BCUT2D eigenvalue weighted by molar-refractivity contribution is -0.140. The zero-order valence-corrected chi connectivity index (χ0v) is 7.65. The summed E-state index contributed by atoms with van der Waals surface area (Å²) in [6.07, 6.45) is -4.18. The SMILES string of the molecule is Fc1cc(I)ncc1C(F)(F)F. The normalized spacial score (nSPS) is 11.8. The van der Waals surface area contributed by atoms with Crippen LogP contribution in [0.3, 0.4) is 0 Å². The molecule has 0 amide bonds. The molecule has 0 aliphatic carbocycles. The van der Waals surface area contributed by atoms with Crippen molar-refractivity contribution >= 4 is 22.6 Å². The fourth-order valence-corrected chi connectivity index (χ4v) is 1.03. The fraction of sp³-hybridized carbons (Fsp3) is 0.167. The summed E-state index contributed by atoms with van der Waals surface area (Å²) in [6.45, 7) is 0. The quantitative estimate of drug-likeness (QED) is 0.407. The third-order valence-corrected chi connectivity index (χ3v) is 1.72. The largest absolute Gasteiger partial charge is 0.420 e. The van der Waals surface area contributed by atoms with Gasteiger partial charge >= 0.3 is 6.18 Å². The van der Waals surface area contributed by atoms with Crippen LogP contribution >= 0.6 is 22.6 Å². The van der Waals surface area contributed by atoms with Crippen molar-refractivity contribution in [1.82, 2.24) is 4.98 Å². The number of nitrogens with zero attached hydrogens (tertiary/aromatic N) is 1. The zero-order chi connectivity index (χ0) is 9.35. The van der Waals surface area contributed by atoms with Crippen molar-refractivity contribution in [3.8, 4) is 0 Å². The van der Waals surface area contributed by atoms with Crippen molar-refractivity contribution in [3.63, 3.8) is 0 Å². The standard InChI is InChI=1S/C6H2F4IN/c7-4-1-5(11)12-2-3(4)6(8,9)10/h1-2H. The molecule has 66 valence electrons. The summed E-state index contributed by atoms with van der Waals surface area (Å²) in [7, 11) is 0. The van der Waals surface area contributed by atoms with Crippen LogP contribution in [0.5, 0.6) is 0 Å². The minimum Gasteiger partial charge on any atom is -0.249 e. The first-order valence-corrected chi connectivity index (χ1v) is 3.87. The molecule has 0 fully saturated rings. The third-order valence-electron chi connectivity index (χ3n) is 1.13. The van der Waals surface area contributed by atoms with Crippen LogP contribution in [0.1, 0.15) is 5.56 Å². The number of rotatable bonds is 0. The first kappa shape index (κ1) is 9.69. The molecule has 0 radical (unpaired) electrons.